The fourth-order valence-corrected chi connectivity index (χ4v) is 1.24. The van der Waals surface area contributed by atoms with Crippen LogP contribution in [0.3, 0.4) is 0 Å². The predicted octanol–water partition coefficient (Wildman–Crippen LogP) is -1.08. The molecule has 1 heterocycles. The van der Waals surface area contributed by atoms with E-state index >= 15 is 0 Å². The van der Waals surface area contributed by atoms with Gasteiger partial charge in [0.25, 0.3) is 0 Å². The maximum absolute atomic E-state index is 10.8. The van der Waals surface area contributed by atoms with Crippen molar-refractivity contribution in [1.29, 1.82) is 0 Å². The zero-order valence-electron chi connectivity index (χ0n) is 8.23. The first kappa shape index (κ1) is 11.4. The summed E-state index contributed by atoms with van der Waals surface area (Å²) >= 11 is 0. The fraction of sp³-hybridized carbons (Fsp3) is 0.875. The van der Waals surface area contributed by atoms with Gasteiger partial charge in [0.05, 0.1) is 19.8 Å². The molecular formula is C8H16N2O4. The molecule has 0 amide bonds. The van der Waals surface area contributed by atoms with Crippen LogP contribution in [0, 0.1) is 0 Å². The number of hydrogen-bond donors (Lipinski definition) is 2. The Bertz CT molecular complexity index is 182. The molecule has 14 heavy (non-hydrogen) atoms. The van der Waals surface area contributed by atoms with Crippen LogP contribution in [0.25, 0.3) is 0 Å². The number of aliphatic carboxylic acids is 1. The van der Waals surface area contributed by atoms with Gasteiger partial charge in [0.1, 0.15) is 6.04 Å². The largest absolute Gasteiger partial charge is 0.480 e. The van der Waals surface area contributed by atoms with E-state index in [-0.39, 0.29) is 6.61 Å². The number of carboxylic acids is 1. The van der Waals surface area contributed by atoms with E-state index in [1.807, 2.05) is 5.01 Å². The molecule has 0 aromatic carbocycles. The number of nitrogens with one attached hydrogen (secondary N) is 1. The number of hydrogen-bond acceptors (Lipinski definition) is 5. The molecule has 0 aromatic rings. The highest BCUT2D eigenvalue weighted by Gasteiger charge is 2.21. The lowest BCUT2D eigenvalue weighted by Gasteiger charge is -2.29. The summed E-state index contributed by atoms with van der Waals surface area (Å²) in [5.41, 5.74) is 2.89. The van der Waals surface area contributed by atoms with Gasteiger partial charge >= 0.3 is 5.97 Å². The minimum absolute atomic E-state index is 0.159. The summed E-state index contributed by atoms with van der Waals surface area (Å²) < 4.78 is 9.95. The molecule has 0 radical (unpaired) electrons. The second-order valence-corrected chi connectivity index (χ2v) is 3.07. The summed E-state index contributed by atoms with van der Waals surface area (Å²) in [5, 5.41) is 10.7. The first-order valence-corrected chi connectivity index (χ1v) is 4.54. The second kappa shape index (κ2) is 5.92. The van der Waals surface area contributed by atoms with Gasteiger partial charge in [-0.25, -0.2) is 10.4 Å². The topological polar surface area (TPSA) is 71.0 Å². The van der Waals surface area contributed by atoms with Crippen molar-refractivity contribution in [2.45, 2.75) is 6.04 Å². The monoisotopic (exact) mass is 204 g/mol. The van der Waals surface area contributed by atoms with Crippen LogP contribution in [-0.4, -0.2) is 62.1 Å². The van der Waals surface area contributed by atoms with Crippen LogP contribution in [0.4, 0.5) is 0 Å². The molecule has 1 aliphatic rings. The van der Waals surface area contributed by atoms with Gasteiger partial charge in [0.2, 0.25) is 0 Å². The highest BCUT2D eigenvalue weighted by molar-refractivity contribution is 5.73. The molecule has 1 fully saturated rings. The van der Waals surface area contributed by atoms with Gasteiger partial charge in [0.15, 0.2) is 0 Å². The third-order valence-corrected chi connectivity index (χ3v) is 1.98. The van der Waals surface area contributed by atoms with Crippen LogP contribution in [0.1, 0.15) is 0 Å². The minimum Gasteiger partial charge on any atom is -0.480 e. The Kier molecular flexibility index (Phi) is 4.81. The van der Waals surface area contributed by atoms with Crippen molar-refractivity contribution in [2.75, 3.05) is 40.0 Å². The Balaban J connectivity index is 2.33. The number of nitrogens with zero attached hydrogens (tertiary/aromatic N) is 1. The summed E-state index contributed by atoms with van der Waals surface area (Å²) in [4.78, 5) is 10.8. The van der Waals surface area contributed by atoms with E-state index in [1.165, 1.54) is 7.11 Å². The van der Waals surface area contributed by atoms with Crippen LogP contribution in [-0.2, 0) is 14.3 Å². The molecule has 0 saturated carbocycles. The number of carbonyl (C=O) groups is 1. The second-order valence-electron chi connectivity index (χ2n) is 3.07. The molecule has 0 aromatic heterocycles. The molecule has 6 heteroatoms. The first-order valence-electron chi connectivity index (χ1n) is 4.54. The van der Waals surface area contributed by atoms with Crippen molar-refractivity contribution in [1.82, 2.24) is 10.4 Å². The van der Waals surface area contributed by atoms with E-state index in [0.717, 1.165) is 0 Å². The van der Waals surface area contributed by atoms with Crippen LogP contribution in [0.5, 0.6) is 0 Å². The van der Waals surface area contributed by atoms with E-state index in [2.05, 4.69) is 5.43 Å². The number of morpholine rings is 1. The molecule has 1 aliphatic heterocycles. The smallest absolute Gasteiger partial charge is 0.324 e. The number of methoxy groups -OCH3 is 1. The van der Waals surface area contributed by atoms with Crippen molar-refractivity contribution in [2.24, 2.45) is 0 Å². The Labute approximate surface area is 82.8 Å². The van der Waals surface area contributed by atoms with Gasteiger partial charge in [0, 0.05) is 20.2 Å². The van der Waals surface area contributed by atoms with E-state index in [0.29, 0.717) is 26.3 Å². The van der Waals surface area contributed by atoms with Gasteiger partial charge in [-0.3, -0.25) is 4.79 Å². The zero-order valence-corrected chi connectivity index (χ0v) is 8.23. The van der Waals surface area contributed by atoms with Gasteiger partial charge in [-0.2, -0.15) is 0 Å². The van der Waals surface area contributed by atoms with E-state index in [1.54, 1.807) is 0 Å². The molecule has 2 N–H and O–H groups in total. The average Bonchev–Trinajstić information content (AvgIpc) is 2.18. The molecule has 6 nitrogen and oxygen atoms in total. The first-order chi connectivity index (χ1) is 6.74. The maximum Gasteiger partial charge on any atom is 0.324 e. The number of hydrazine groups is 1. The number of rotatable bonds is 5. The van der Waals surface area contributed by atoms with Crippen LogP contribution in [0.2, 0.25) is 0 Å². The highest BCUT2D eigenvalue weighted by Crippen LogP contribution is 1.95. The van der Waals surface area contributed by atoms with Crippen LogP contribution in [0.15, 0.2) is 0 Å². The summed E-state index contributed by atoms with van der Waals surface area (Å²) in [7, 11) is 1.48. The zero-order chi connectivity index (χ0) is 10.4. The Hall–Kier alpha value is -0.690. The molecule has 0 aliphatic carbocycles. The fourth-order valence-electron chi connectivity index (χ4n) is 1.24. The van der Waals surface area contributed by atoms with Gasteiger partial charge in [-0.1, -0.05) is 0 Å². The maximum atomic E-state index is 10.8. The summed E-state index contributed by atoms with van der Waals surface area (Å²) in [6.45, 7) is 2.83. The van der Waals surface area contributed by atoms with E-state index < -0.39 is 12.0 Å². The quantitative estimate of drug-likeness (QED) is 0.594. The Morgan fingerprint density at radius 1 is 1.64 bits per heavy atom. The lowest BCUT2D eigenvalue weighted by atomic mass is 10.3. The average molecular weight is 204 g/mol. The van der Waals surface area contributed by atoms with Crippen molar-refractivity contribution in [3.8, 4) is 0 Å². The van der Waals surface area contributed by atoms with Crippen LogP contribution >= 0.6 is 0 Å². The highest BCUT2D eigenvalue weighted by atomic mass is 16.5. The van der Waals surface area contributed by atoms with E-state index in [4.69, 9.17) is 14.6 Å². The Morgan fingerprint density at radius 3 is 2.79 bits per heavy atom. The number of ether oxygens (including phenoxy) is 2. The van der Waals surface area contributed by atoms with Gasteiger partial charge < -0.3 is 14.6 Å². The summed E-state index contributed by atoms with van der Waals surface area (Å²) in [6, 6.07) is -0.682. The molecule has 1 rings (SSSR count). The lowest BCUT2D eigenvalue weighted by Crippen LogP contribution is -2.54. The molecule has 1 saturated heterocycles. The van der Waals surface area contributed by atoms with Crippen LogP contribution < -0.4 is 5.43 Å². The molecule has 0 spiro atoms. The lowest BCUT2D eigenvalue weighted by molar-refractivity contribution is -0.143. The standard InChI is InChI=1S/C8H16N2O4/c1-13-6-7(8(11)12)9-10-2-4-14-5-3-10/h7,9H,2-6H2,1H3,(H,11,12). The molecular weight excluding hydrogens is 188 g/mol. The van der Waals surface area contributed by atoms with Crippen molar-refractivity contribution in [3.05, 3.63) is 0 Å². The van der Waals surface area contributed by atoms with Gasteiger partial charge in [-0.05, 0) is 0 Å². The number of carboxylic acid groups (broad SMARTS) is 1. The normalized spacial score (nSPS) is 20.6. The van der Waals surface area contributed by atoms with Crippen molar-refractivity contribution >= 4 is 5.97 Å². The SMILES string of the molecule is COCC(NN1CCOCC1)C(=O)O. The summed E-state index contributed by atoms with van der Waals surface area (Å²) in [6.07, 6.45) is 0. The minimum atomic E-state index is -0.904. The van der Waals surface area contributed by atoms with E-state index in [9.17, 15) is 4.79 Å². The Morgan fingerprint density at radius 2 is 2.29 bits per heavy atom. The third-order valence-electron chi connectivity index (χ3n) is 1.98. The molecule has 0 bridgehead atoms. The molecule has 1 unspecified atom stereocenters. The molecule has 82 valence electrons. The van der Waals surface area contributed by atoms with Crippen molar-refractivity contribution in [3.63, 3.8) is 0 Å². The molecule has 1 atom stereocenters. The summed E-state index contributed by atoms with van der Waals surface area (Å²) in [5.74, 6) is -0.904. The predicted molar refractivity (Wildman–Crippen MR) is 48.8 cm³/mol. The third kappa shape index (κ3) is 3.59. The van der Waals surface area contributed by atoms with Crippen molar-refractivity contribution < 1.29 is 19.4 Å². The van der Waals surface area contributed by atoms with Gasteiger partial charge in [-0.15, -0.1) is 0 Å².